The van der Waals surface area contributed by atoms with Gasteiger partial charge in [-0.3, -0.25) is 9.59 Å². The van der Waals surface area contributed by atoms with E-state index in [-0.39, 0.29) is 38.6 Å². The van der Waals surface area contributed by atoms with E-state index in [9.17, 15) is 9.59 Å². The SMILES string of the molecule is CC(C)[C@@H](NC(=O)c1ccc(Cl)c(Cl)c1)c1nnc(SCC(=O)Nc2cc(Cl)c(Cl)cc2Cl)n1C. The van der Waals surface area contributed by atoms with Gasteiger partial charge in [0, 0.05) is 12.6 Å². The molecule has 1 atom stereocenters. The lowest BCUT2D eigenvalue weighted by Crippen LogP contribution is -2.33. The maximum atomic E-state index is 12.8. The first-order chi connectivity index (χ1) is 16.5. The van der Waals surface area contributed by atoms with E-state index in [1.54, 1.807) is 23.7 Å². The molecule has 35 heavy (non-hydrogen) atoms. The number of anilines is 1. The Labute approximate surface area is 231 Å². The van der Waals surface area contributed by atoms with E-state index in [4.69, 9.17) is 58.0 Å². The van der Waals surface area contributed by atoms with Gasteiger partial charge >= 0.3 is 0 Å². The van der Waals surface area contributed by atoms with Gasteiger partial charge in [-0.2, -0.15) is 0 Å². The van der Waals surface area contributed by atoms with Crippen LogP contribution < -0.4 is 10.6 Å². The van der Waals surface area contributed by atoms with Crippen molar-refractivity contribution in [3.63, 3.8) is 0 Å². The molecule has 1 heterocycles. The number of halogens is 5. The Balaban J connectivity index is 1.69. The average molecular weight is 596 g/mol. The molecular formula is C22H20Cl5N5O2S. The van der Waals surface area contributed by atoms with Crippen LogP contribution in [-0.2, 0) is 11.8 Å². The molecule has 3 aromatic rings. The largest absolute Gasteiger partial charge is 0.342 e. The Hall–Kier alpha value is -1.68. The number of carbonyl (C=O) groups excluding carboxylic acids is 2. The molecule has 0 aliphatic carbocycles. The van der Waals surface area contributed by atoms with Crippen LogP contribution in [0.15, 0.2) is 35.5 Å². The smallest absolute Gasteiger partial charge is 0.251 e. The van der Waals surface area contributed by atoms with Crippen LogP contribution >= 0.6 is 69.8 Å². The number of thioether (sulfide) groups is 1. The highest BCUT2D eigenvalue weighted by Crippen LogP contribution is 2.32. The standard InChI is InChI=1S/C22H20Cl5N5O2S/c1-10(2)19(29-21(34)11-4-5-12(23)13(24)6-11)20-30-31-22(32(20)3)35-9-18(33)28-17-8-15(26)14(25)7-16(17)27/h4-8,10,19H,9H2,1-3H3,(H,28,33)(H,29,34)/t19-/m1/s1. The molecule has 0 radical (unpaired) electrons. The first-order valence-corrected chi connectivity index (χ1v) is 13.1. The van der Waals surface area contributed by atoms with Gasteiger partial charge in [0.25, 0.3) is 5.91 Å². The van der Waals surface area contributed by atoms with Crippen molar-refractivity contribution in [2.75, 3.05) is 11.1 Å². The number of aromatic nitrogens is 3. The summed E-state index contributed by atoms with van der Waals surface area (Å²) in [5.74, 6) is -0.0400. The topological polar surface area (TPSA) is 88.9 Å². The quantitative estimate of drug-likeness (QED) is 0.218. The fourth-order valence-corrected chi connectivity index (χ4v) is 4.66. The van der Waals surface area contributed by atoms with Crippen LogP contribution in [0, 0.1) is 5.92 Å². The van der Waals surface area contributed by atoms with Crippen LogP contribution in [-0.4, -0.2) is 32.3 Å². The molecule has 1 aromatic heterocycles. The lowest BCUT2D eigenvalue weighted by atomic mass is 10.0. The molecule has 2 N–H and O–H groups in total. The van der Waals surface area contributed by atoms with Crippen LogP contribution in [0.1, 0.15) is 36.1 Å². The molecule has 13 heteroatoms. The third-order valence-electron chi connectivity index (χ3n) is 4.90. The number of hydrogen-bond donors (Lipinski definition) is 2. The predicted molar refractivity (Wildman–Crippen MR) is 143 cm³/mol. The van der Waals surface area contributed by atoms with Crippen molar-refractivity contribution in [3.8, 4) is 0 Å². The molecule has 0 saturated carbocycles. The van der Waals surface area contributed by atoms with Crippen LogP contribution in [0.5, 0.6) is 0 Å². The van der Waals surface area contributed by atoms with Gasteiger partial charge in [-0.25, -0.2) is 0 Å². The molecule has 2 amide bonds. The summed E-state index contributed by atoms with van der Waals surface area (Å²) in [5.41, 5.74) is 0.731. The molecule has 7 nitrogen and oxygen atoms in total. The Morgan fingerprint density at radius 2 is 1.60 bits per heavy atom. The van der Waals surface area contributed by atoms with Crippen LogP contribution in [0.3, 0.4) is 0 Å². The van der Waals surface area contributed by atoms with Gasteiger partial charge in [0.15, 0.2) is 11.0 Å². The number of benzene rings is 2. The van der Waals surface area contributed by atoms with Crippen molar-refractivity contribution in [1.82, 2.24) is 20.1 Å². The van der Waals surface area contributed by atoms with E-state index < -0.39 is 6.04 Å². The highest BCUT2D eigenvalue weighted by molar-refractivity contribution is 7.99. The summed E-state index contributed by atoms with van der Waals surface area (Å²) in [7, 11) is 1.77. The van der Waals surface area contributed by atoms with Crippen molar-refractivity contribution < 1.29 is 9.59 Å². The highest BCUT2D eigenvalue weighted by atomic mass is 35.5. The maximum absolute atomic E-state index is 12.8. The molecule has 0 spiro atoms. The van der Waals surface area contributed by atoms with Crippen molar-refractivity contribution in [2.45, 2.75) is 25.0 Å². The Morgan fingerprint density at radius 3 is 2.26 bits per heavy atom. The zero-order valence-corrected chi connectivity index (χ0v) is 23.3. The van der Waals surface area contributed by atoms with Crippen molar-refractivity contribution in [1.29, 1.82) is 0 Å². The highest BCUT2D eigenvalue weighted by Gasteiger charge is 2.25. The summed E-state index contributed by atoms with van der Waals surface area (Å²) in [6, 6.07) is 7.18. The monoisotopic (exact) mass is 593 g/mol. The van der Waals surface area contributed by atoms with Crippen molar-refractivity contribution >= 4 is 87.3 Å². The lowest BCUT2D eigenvalue weighted by molar-refractivity contribution is -0.113. The Kier molecular flexibility index (Phi) is 9.60. The first kappa shape index (κ1) is 27.9. The van der Waals surface area contributed by atoms with Gasteiger partial charge in [-0.1, -0.05) is 83.6 Å². The summed E-state index contributed by atoms with van der Waals surface area (Å²) in [6.07, 6.45) is 0. The second-order valence-corrected chi connectivity index (χ2v) is 10.8. The predicted octanol–water partition coefficient (Wildman–Crippen LogP) is 6.94. The number of rotatable bonds is 8. The number of hydrogen-bond acceptors (Lipinski definition) is 5. The summed E-state index contributed by atoms with van der Waals surface area (Å²) in [4.78, 5) is 25.3. The maximum Gasteiger partial charge on any atom is 0.251 e. The fraction of sp³-hybridized carbons (Fsp3) is 0.273. The molecule has 0 unspecified atom stereocenters. The summed E-state index contributed by atoms with van der Waals surface area (Å²) >= 11 is 31.2. The van der Waals surface area contributed by atoms with E-state index in [1.807, 2.05) is 13.8 Å². The van der Waals surface area contributed by atoms with Gasteiger partial charge in [0.2, 0.25) is 5.91 Å². The van der Waals surface area contributed by atoms with Gasteiger partial charge in [0.1, 0.15) is 0 Å². The Bertz CT molecular complexity index is 1270. The van der Waals surface area contributed by atoms with E-state index in [1.165, 1.54) is 30.0 Å². The van der Waals surface area contributed by atoms with E-state index in [0.717, 1.165) is 0 Å². The number of carbonyl (C=O) groups is 2. The van der Waals surface area contributed by atoms with Crippen molar-refractivity contribution in [2.24, 2.45) is 13.0 Å². The van der Waals surface area contributed by atoms with Crippen LogP contribution in [0.25, 0.3) is 0 Å². The molecule has 0 fully saturated rings. The summed E-state index contributed by atoms with van der Waals surface area (Å²) < 4.78 is 1.74. The molecule has 3 rings (SSSR count). The van der Waals surface area contributed by atoms with Crippen LogP contribution in [0.2, 0.25) is 25.1 Å². The average Bonchev–Trinajstić information content (AvgIpc) is 3.15. The van der Waals surface area contributed by atoms with Crippen LogP contribution in [0.4, 0.5) is 5.69 Å². The summed E-state index contributed by atoms with van der Waals surface area (Å²) in [6.45, 7) is 3.91. The zero-order chi connectivity index (χ0) is 25.9. The fourth-order valence-electron chi connectivity index (χ4n) is 3.05. The van der Waals surface area contributed by atoms with Gasteiger partial charge in [0.05, 0.1) is 42.6 Å². The lowest BCUT2D eigenvalue weighted by Gasteiger charge is -2.22. The van der Waals surface area contributed by atoms with Gasteiger partial charge in [-0.05, 0) is 36.2 Å². The number of nitrogens with zero attached hydrogens (tertiary/aromatic N) is 3. The first-order valence-electron chi connectivity index (χ1n) is 10.2. The molecule has 0 aliphatic rings. The van der Waals surface area contributed by atoms with Crippen molar-refractivity contribution in [3.05, 3.63) is 66.8 Å². The molecule has 0 aliphatic heterocycles. The number of amides is 2. The molecular weight excluding hydrogens is 576 g/mol. The van der Waals surface area contributed by atoms with E-state index in [2.05, 4.69) is 20.8 Å². The third kappa shape index (κ3) is 6.96. The minimum absolute atomic E-state index is 0.00238. The van der Waals surface area contributed by atoms with Gasteiger partial charge in [-0.15, -0.1) is 10.2 Å². The zero-order valence-electron chi connectivity index (χ0n) is 18.7. The third-order valence-corrected chi connectivity index (χ3v) is 7.69. The van der Waals surface area contributed by atoms with E-state index in [0.29, 0.717) is 32.3 Å². The normalized spacial score (nSPS) is 12.0. The molecule has 0 bridgehead atoms. The van der Waals surface area contributed by atoms with E-state index >= 15 is 0 Å². The molecule has 2 aromatic carbocycles. The minimum Gasteiger partial charge on any atom is -0.342 e. The summed E-state index contributed by atoms with van der Waals surface area (Å²) in [5, 5.41) is 16.1. The minimum atomic E-state index is -0.437. The molecule has 186 valence electrons. The Morgan fingerprint density at radius 1 is 0.943 bits per heavy atom. The second-order valence-electron chi connectivity index (χ2n) is 7.81. The second kappa shape index (κ2) is 12.0. The van der Waals surface area contributed by atoms with Gasteiger partial charge < -0.3 is 15.2 Å². The number of nitrogens with one attached hydrogen (secondary N) is 2. The molecule has 0 saturated heterocycles.